The number of carbonyl (C=O) groups is 2. The van der Waals surface area contributed by atoms with Crippen LogP contribution in [0, 0.1) is 6.92 Å². The number of amides is 2. The van der Waals surface area contributed by atoms with Gasteiger partial charge in [-0.15, -0.1) is 0 Å². The highest BCUT2D eigenvalue weighted by molar-refractivity contribution is 6.12. The van der Waals surface area contributed by atoms with Crippen molar-refractivity contribution in [2.45, 2.75) is 13.3 Å². The Labute approximate surface area is 85.6 Å². The zero-order valence-electron chi connectivity index (χ0n) is 8.14. The third-order valence-corrected chi connectivity index (χ3v) is 2.03. The van der Waals surface area contributed by atoms with Crippen LogP contribution in [0.5, 0.6) is 0 Å². The standard InChI is InChI=1S/C9H9N3O3/c1-6-10-7(11-15-6)4-5-12-8(13)2-3-9(12)14/h2-3H,4-5H2,1H3. The largest absolute Gasteiger partial charge is 0.340 e. The summed E-state index contributed by atoms with van der Waals surface area (Å²) in [6, 6.07) is 0. The minimum atomic E-state index is -0.291. The Kier molecular flexibility index (Phi) is 2.32. The lowest BCUT2D eigenvalue weighted by Gasteiger charge is -2.11. The van der Waals surface area contributed by atoms with Gasteiger partial charge in [0.25, 0.3) is 11.8 Å². The van der Waals surface area contributed by atoms with E-state index in [4.69, 9.17) is 4.52 Å². The van der Waals surface area contributed by atoms with Gasteiger partial charge in [-0.05, 0) is 0 Å². The van der Waals surface area contributed by atoms with E-state index in [0.29, 0.717) is 18.1 Å². The third kappa shape index (κ3) is 1.93. The highest BCUT2D eigenvalue weighted by Crippen LogP contribution is 2.05. The van der Waals surface area contributed by atoms with Crippen molar-refractivity contribution in [1.29, 1.82) is 0 Å². The summed E-state index contributed by atoms with van der Waals surface area (Å²) < 4.78 is 4.77. The second-order valence-corrected chi connectivity index (χ2v) is 3.14. The topological polar surface area (TPSA) is 76.3 Å². The number of hydrogen-bond acceptors (Lipinski definition) is 5. The van der Waals surface area contributed by atoms with Gasteiger partial charge in [-0.25, -0.2) is 0 Å². The monoisotopic (exact) mass is 207 g/mol. The molecule has 0 atom stereocenters. The summed E-state index contributed by atoms with van der Waals surface area (Å²) in [5, 5.41) is 3.67. The van der Waals surface area contributed by atoms with Crippen LogP contribution in [0.4, 0.5) is 0 Å². The van der Waals surface area contributed by atoms with E-state index >= 15 is 0 Å². The van der Waals surface area contributed by atoms with Crippen molar-refractivity contribution in [3.8, 4) is 0 Å². The van der Waals surface area contributed by atoms with Crippen molar-refractivity contribution in [1.82, 2.24) is 15.0 Å². The molecule has 78 valence electrons. The second kappa shape index (κ2) is 3.64. The fourth-order valence-electron chi connectivity index (χ4n) is 1.31. The van der Waals surface area contributed by atoms with E-state index in [1.807, 2.05) is 0 Å². The van der Waals surface area contributed by atoms with Crippen molar-refractivity contribution in [3.63, 3.8) is 0 Å². The SMILES string of the molecule is Cc1nc(CCN2C(=O)C=CC2=O)no1. The quantitative estimate of drug-likeness (QED) is 0.644. The lowest BCUT2D eigenvalue weighted by atomic mass is 10.3. The van der Waals surface area contributed by atoms with E-state index in [1.54, 1.807) is 6.92 Å². The average Bonchev–Trinajstić information content (AvgIpc) is 2.73. The van der Waals surface area contributed by atoms with Gasteiger partial charge in [0, 0.05) is 32.0 Å². The molecule has 15 heavy (non-hydrogen) atoms. The first-order valence-corrected chi connectivity index (χ1v) is 4.49. The van der Waals surface area contributed by atoms with Gasteiger partial charge in [0.05, 0.1) is 0 Å². The molecule has 6 heteroatoms. The molecule has 0 N–H and O–H groups in total. The Bertz CT molecular complexity index is 418. The van der Waals surface area contributed by atoms with Crippen molar-refractivity contribution in [3.05, 3.63) is 23.9 Å². The highest BCUT2D eigenvalue weighted by Gasteiger charge is 2.23. The summed E-state index contributed by atoms with van der Waals surface area (Å²) in [7, 11) is 0. The Morgan fingerprint density at radius 1 is 1.33 bits per heavy atom. The van der Waals surface area contributed by atoms with Crippen LogP contribution in [-0.2, 0) is 16.0 Å². The van der Waals surface area contributed by atoms with Crippen LogP contribution in [-0.4, -0.2) is 33.4 Å². The van der Waals surface area contributed by atoms with Gasteiger partial charge in [-0.1, -0.05) is 5.16 Å². The number of hydrogen-bond donors (Lipinski definition) is 0. The fourth-order valence-corrected chi connectivity index (χ4v) is 1.31. The molecule has 0 radical (unpaired) electrons. The molecule has 0 fully saturated rings. The first-order valence-electron chi connectivity index (χ1n) is 4.49. The average molecular weight is 207 g/mol. The molecular formula is C9H9N3O3. The maximum absolute atomic E-state index is 11.2. The summed E-state index contributed by atoms with van der Waals surface area (Å²) in [6.07, 6.45) is 2.92. The molecule has 1 aromatic heterocycles. The number of rotatable bonds is 3. The van der Waals surface area contributed by atoms with Gasteiger partial charge in [-0.3, -0.25) is 14.5 Å². The first kappa shape index (κ1) is 9.57. The fraction of sp³-hybridized carbons (Fsp3) is 0.333. The smallest absolute Gasteiger partial charge is 0.253 e. The highest BCUT2D eigenvalue weighted by atomic mass is 16.5. The number of aryl methyl sites for hydroxylation is 1. The molecule has 0 saturated heterocycles. The Balaban J connectivity index is 1.94. The molecule has 0 unspecified atom stereocenters. The number of imide groups is 1. The molecular weight excluding hydrogens is 198 g/mol. The van der Waals surface area contributed by atoms with Gasteiger partial charge in [-0.2, -0.15) is 4.98 Å². The maximum atomic E-state index is 11.2. The van der Waals surface area contributed by atoms with Gasteiger partial charge in [0.1, 0.15) is 0 Å². The number of aromatic nitrogens is 2. The van der Waals surface area contributed by atoms with Gasteiger partial charge >= 0.3 is 0 Å². The summed E-state index contributed by atoms with van der Waals surface area (Å²) in [5.41, 5.74) is 0. The summed E-state index contributed by atoms with van der Waals surface area (Å²) in [6.45, 7) is 1.97. The lowest BCUT2D eigenvalue weighted by molar-refractivity contribution is -0.136. The summed E-state index contributed by atoms with van der Waals surface area (Å²) >= 11 is 0. The predicted octanol–water partition coefficient (Wildman–Crippen LogP) is -0.154. The van der Waals surface area contributed by atoms with Crippen LogP contribution >= 0.6 is 0 Å². The molecule has 2 rings (SSSR count). The molecule has 1 aliphatic rings. The molecule has 0 bridgehead atoms. The number of nitrogens with zero attached hydrogens (tertiary/aromatic N) is 3. The molecule has 1 aromatic rings. The van der Waals surface area contributed by atoms with Crippen molar-refractivity contribution >= 4 is 11.8 Å². The minimum absolute atomic E-state index is 0.281. The van der Waals surface area contributed by atoms with Crippen LogP contribution in [0.25, 0.3) is 0 Å². The van der Waals surface area contributed by atoms with E-state index in [0.717, 1.165) is 4.90 Å². The van der Waals surface area contributed by atoms with Crippen molar-refractivity contribution in [2.75, 3.05) is 6.54 Å². The second-order valence-electron chi connectivity index (χ2n) is 3.14. The molecule has 0 aromatic carbocycles. The van der Waals surface area contributed by atoms with E-state index < -0.39 is 0 Å². The first-order chi connectivity index (χ1) is 7.16. The number of carbonyl (C=O) groups excluding carboxylic acids is 2. The zero-order valence-corrected chi connectivity index (χ0v) is 8.14. The summed E-state index contributed by atoms with van der Waals surface area (Å²) in [4.78, 5) is 27.4. The van der Waals surface area contributed by atoms with Crippen LogP contribution in [0.2, 0.25) is 0 Å². The zero-order chi connectivity index (χ0) is 10.8. The van der Waals surface area contributed by atoms with Crippen LogP contribution in [0.15, 0.2) is 16.7 Å². The Morgan fingerprint density at radius 2 is 2.00 bits per heavy atom. The molecule has 2 heterocycles. The Morgan fingerprint density at radius 3 is 2.53 bits per heavy atom. The Hall–Kier alpha value is -1.98. The molecule has 1 aliphatic heterocycles. The van der Waals surface area contributed by atoms with Crippen molar-refractivity contribution in [2.24, 2.45) is 0 Å². The normalized spacial score (nSPS) is 15.4. The van der Waals surface area contributed by atoms with Gasteiger partial charge in [0.15, 0.2) is 5.82 Å². The molecule has 6 nitrogen and oxygen atoms in total. The minimum Gasteiger partial charge on any atom is -0.340 e. The van der Waals surface area contributed by atoms with Gasteiger partial charge in [0.2, 0.25) is 5.89 Å². The molecule has 0 aliphatic carbocycles. The lowest BCUT2D eigenvalue weighted by Crippen LogP contribution is -2.32. The van der Waals surface area contributed by atoms with E-state index in [9.17, 15) is 9.59 Å². The van der Waals surface area contributed by atoms with E-state index in [2.05, 4.69) is 10.1 Å². The molecule has 2 amide bonds. The predicted molar refractivity (Wildman–Crippen MR) is 48.6 cm³/mol. The van der Waals surface area contributed by atoms with Gasteiger partial charge < -0.3 is 4.52 Å². The van der Waals surface area contributed by atoms with Crippen LogP contribution in [0.1, 0.15) is 11.7 Å². The summed E-state index contributed by atoms with van der Waals surface area (Å²) in [5.74, 6) is 0.391. The third-order valence-electron chi connectivity index (χ3n) is 2.03. The van der Waals surface area contributed by atoms with Crippen LogP contribution in [0.3, 0.4) is 0 Å². The van der Waals surface area contributed by atoms with Crippen LogP contribution < -0.4 is 0 Å². The molecule has 0 saturated carbocycles. The van der Waals surface area contributed by atoms with E-state index in [-0.39, 0.29) is 18.4 Å². The van der Waals surface area contributed by atoms with E-state index in [1.165, 1.54) is 12.2 Å². The maximum Gasteiger partial charge on any atom is 0.253 e. The van der Waals surface area contributed by atoms with Crippen molar-refractivity contribution < 1.29 is 14.1 Å². The molecule has 0 spiro atoms.